The molecule has 5 aromatic rings. The number of benzene rings is 3. The van der Waals surface area contributed by atoms with Gasteiger partial charge in [0.25, 0.3) is 17.7 Å². The second-order valence-electron chi connectivity index (χ2n) is 13.6. The number of piperidine rings is 1. The fraction of sp³-hybridized carbons (Fsp3) is 0.244. The highest BCUT2D eigenvalue weighted by Gasteiger charge is 2.45. The zero-order valence-electron chi connectivity index (χ0n) is 30.8. The topological polar surface area (TPSA) is 220 Å². The van der Waals surface area contributed by atoms with Crippen molar-refractivity contribution in [2.45, 2.75) is 57.7 Å². The Morgan fingerprint density at radius 3 is 2.44 bits per heavy atom. The Kier molecular flexibility index (Phi) is 11.7. The summed E-state index contributed by atoms with van der Waals surface area (Å²) in [5.41, 5.74) is 4.36. The summed E-state index contributed by atoms with van der Waals surface area (Å²) in [5, 5.41) is 21.8. The molecule has 57 heavy (non-hydrogen) atoms. The molecule has 0 radical (unpaired) electrons. The van der Waals surface area contributed by atoms with Gasteiger partial charge < -0.3 is 21.3 Å². The van der Waals surface area contributed by atoms with Gasteiger partial charge in [-0.2, -0.15) is 5.10 Å². The minimum absolute atomic E-state index is 0.0219. The molecule has 2 aliphatic rings. The molecule has 0 saturated carbocycles. The van der Waals surface area contributed by atoms with Gasteiger partial charge in [0, 0.05) is 60.8 Å². The monoisotopic (exact) mass is 768 g/mol. The summed E-state index contributed by atoms with van der Waals surface area (Å²) < 4.78 is 0. The SMILES string of the molecule is O=C1CCC(N2C(=O)c3cccc(NC(=O)CCCCCNc4cccc(CNC(=O)c5cccc(NCc6nc(-c7ccncc7)n[nH]6)c5)c4)c3C2=O)C(=O)N1. The van der Waals surface area contributed by atoms with Crippen molar-refractivity contribution in [1.29, 1.82) is 0 Å². The lowest BCUT2D eigenvalue weighted by molar-refractivity contribution is -0.136. The number of hydrogen-bond donors (Lipinski definition) is 6. The Labute approximate surface area is 327 Å². The van der Waals surface area contributed by atoms with E-state index in [1.807, 2.05) is 48.5 Å². The summed E-state index contributed by atoms with van der Waals surface area (Å²) in [7, 11) is 0. The number of anilines is 3. The number of H-pyrrole nitrogens is 1. The zero-order chi connectivity index (χ0) is 39.7. The first-order valence-corrected chi connectivity index (χ1v) is 18.6. The number of imide groups is 2. The van der Waals surface area contributed by atoms with Crippen LogP contribution in [0, 0.1) is 0 Å². The predicted octanol–water partition coefficient (Wildman–Crippen LogP) is 4.42. The van der Waals surface area contributed by atoms with Gasteiger partial charge in [-0.25, -0.2) is 4.98 Å². The van der Waals surface area contributed by atoms with E-state index >= 15 is 0 Å². The molecule has 1 unspecified atom stereocenters. The summed E-state index contributed by atoms with van der Waals surface area (Å²) in [6.45, 7) is 1.42. The summed E-state index contributed by atoms with van der Waals surface area (Å²) in [6.07, 6.45) is 5.83. The van der Waals surface area contributed by atoms with Gasteiger partial charge in [0.05, 0.1) is 23.4 Å². The van der Waals surface area contributed by atoms with E-state index in [1.165, 1.54) is 6.07 Å². The number of pyridine rings is 1. The second kappa shape index (κ2) is 17.5. The number of amides is 6. The number of carbonyl (C=O) groups excluding carboxylic acids is 6. The number of rotatable bonds is 16. The summed E-state index contributed by atoms with van der Waals surface area (Å²) >= 11 is 0. The van der Waals surface area contributed by atoms with Gasteiger partial charge in [-0.05, 0) is 79.4 Å². The molecule has 1 saturated heterocycles. The summed E-state index contributed by atoms with van der Waals surface area (Å²) in [6, 6.07) is 22.2. The number of hydrogen-bond acceptors (Lipinski definition) is 11. The fourth-order valence-corrected chi connectivity index (χ4v) is 6.69. The highest BCUT2D eigenvalue weighted by Crippen LogP contribution is 2.32. The molecule has 16 heteroatoms. The lowest BCUT2D eigenvalue weighted by Crippen LogP contribution is -2.54. The Balaban J connectivity index is 0.814. The minimum Gasteiger partial charge on any atom is -0.385 e. The van der Waals surface area contributed by atoms with Gasteiger partial charge >= 0.3 is 0 Å². The van der Waals surface area contributed by atoms with Crippen LogP contribution in [0.4, 0.5) is 17.1 Å². The molecule has 0 aliphatic carbocycles. The molecular formula is C41H40N10O6. The Morgan fingerprint density at radius 1 is 0.825 bits per heavy atom. The summed E-state index contributed by atoms with van der Waals surface area (Å²) in [5.74, 6) is -1.70. The van der Waals surface area contributed by atoms with Crippen LogP contribution in [0.15, 0.2) is 91.3 Å². The second-order valence-corrected chi connectivity index (χ2v) is 13.6. The fourth-order valence-electron chi connectivity index (χ4n) is 6.69. The maximum atomic E-state index is 13.3. The molecule has 6 amide bonds. The third kappa shape index (κ3) is 9.19. The normalized spacial score (nSPS) is 14.9. The number of fused-ring (bicyclic) bond motifs is 1. The number of aromatic nitrogens is 4. The first-order chi connectivity index (χ1) is 27.7. The number of nitrogens with one attached hydrogen (secondary N) is 6. The third-order valence-corrected chi connectivity index (χ3v) is 9.59. The Bertz CT molecular complexity index is 2330. The predicted molar refractivity (Wildman–Crippen MR) is 210 cm³/mol. The molecule has 0 spiro atoms. The summed E-state index contributed by atoms with van der Waals surface area (Å²) in [4.78, 5) is 85.6. The van der Waals surface area contributed by atoms with Crippen LogP contribution in [-0.4, -0.2) is 73.1 Å². The van der Waals surface area contributed by atoms with Gasteiger partial charge in [0.15, 0.2) is 5.82 Å². The minimum atomic E-state index is -1.08. The number of aromatic amines is 1. The molecule has 2 aliphatic heterocycles. The zero-order valence-corrected chi connectivity index (χ0v) is 30.8. The molecule has 6 N–H and O–H groups in total. The molecule has 1 atom stereocenters. The van der Waals surface area contributed by atoms with Gasteiger partial charge in [0.2, 0.25) is 17.7 Å². The molecule has 1 fully saturated rings. The number of nitrogens with zero attached hydrogens (tertiary/aromatic N) is 4. The lowest BCUT2D eigenvalue weighted by Gasteiger charge is -2.27. The standard InChI is InChI=1S/C41H40N10O6/c52-34(46-31-12-6-11-30-36(31)41(57)51(40(30)56)32-14-15-35(53)48-39(32)55)13-2-1-3-18-43-28-9-4-7-25(21-28)23-45-38(54)27-8-5-10-29(22-27)44-24-33-47-37(50-49-33)26-16-19-42-20-17-26/h4-12,16-17,19-22,32,43-44H,1-3,13-15,18,23-24H2,(H,45,54)(H,46,52)(H,47,49,50)(H,48,53,55). The van der Waals surface area contributed by atoms with Gasteiger partial charge in [-0.15, -0.1) is 0 Å². The maximum absolute atomic E-state index is 13.3. The molecule has 4 heterocycles. The molecule has 7 rings (SSSR count). The van der Waals surface area contributed by atoms with Crippen LogP contribution in [0.3, 0.4) is 0 Å². The van der Waals surface area contributed by atoms with Gasteiger partial charge in [-0.3, -0.25) is 49.1 Å². The highest BCUT2D eigenvalue weighted by atomic mass is 16.2. The first-order valence-electron chi connectivity index (χ1n) is 18.6. The van der Waals surface area contributed by atoms with Gasteiger partial charge in [-0.1, -0.05) is 30.7 Å². The number of carbonyl (C=O) groups is 6. The number of unbranched alkanes of at least 4 members (excludes halogenated alkanes) is 2. The van der Waals surface area contributed by atoms with E-state index in [4.69, 9.17) is 0 Å². The van der Waals surface area contributed by atoms with E-state index in [9.17, 15) is 28.8 Å². The average Bonchev–Trinajstić information content (AvgIpc) is 3.80. The van der Waals surface area contributed by atoms with Crippen molar-refractivity contribution < 1.29 is 28.8 Å². The van der Waals surface area contributed by atoms with Crippen LogP contribution in [0.2, 0.25) is 0 Å². The molecule has 3 aromatic carbocycles. The van der Waals surface area contributed by atoms with Crippen LogP contribution < -0.4 is 26.6 Å². The maximum Gasteiger partial charge on any atom is 0.264 e. The Hall–Kier alpha value is -7.23. The molecule has 16 nitrogen and oxygen atoms in total. The van der Waals surface area contributed by atoms with E-state index in [1.54, 1.807) is 36.7 Å². The largest absolute Gasteiger partial charge is 0.385 e. The van der Waals surface area contributed by atoms with Crippen LogP contribution in [0.1, 0.15) is 81.0 Å². The van der Waals surface area contributed by atoms with E-state index in [-0.39, 0.29) is 47.9 Å². The molecule has 290 valence electrons. The average molecular weight is 769 g/mol. The van der Waals surface area contributed by atoms with Crippen LogP contribution >= 0.6 is 0 Å². The smallest absolute Gasteiger partial charge is 0.264 e. The van der Waals surface area contributed by atoms with Crippen molar-refractivity contribution in [2.75, 3.05) is 22.5 Å². The van der Waals surface area contributed by atoms with E-state index in [2.05, 4.69) is 46.7 Å². The highest BCUT2D eigenvalue weighted by molar-refractivity contribution is 6.26. The van der Waals surface area contributed by atoms with Crippen LogP contribution in [0.5, 0.6) is 0 Å². The quantitative estimate of drug-likeness (QED) is 0.0610. The Morgan fingerprint density at radius 2 is 1.61 bits per heavy atom. The van der Waals surface area contributed by atoms with Crippen molar-refractivity contribution in [2.24, 2.45) is 0 Å². The van der Waals surface area contributed by atoms with E-state index in [0.717, 1.165) is 40.2 Å². The van der Waals surface area contributed by atoms with E-state index in [0.29, 0.717) is 43.3 Å². The van der Waals surface area contributed by atoms with Crippen LogP contribution in [-0.2, 0) is 27.5 Å². The molecule has 2 aromatic heterocycles. The third-order valence-electron chi connectivity index (χ3n) is 9.59. The van der Waals surface area contributed by atoms with Crippen molar-refractivity contribution in [3.63, 3.8) is 0 Å². The lowest BCUT2D eigenvalue weighted by atomic mass is 10.0. The van der Waals surface area contributed by atoms with Crippen LogP contribution in [0.25, 0.3) is 11.4 Å². The van der Waals surface area contributed by atoms with Crippen molar-refractivity contribution in [3.05, 3.63) is 119 Å². The molecule has 0 bridgehead atoms. The van der Waals surface area contributed by atoms with Crippen molar-refractivity contribution >= 4 is 52.5 Å². The van der Waals surface area contributed by atoms with Crippen molar-refractivity contribution in [1.82, 2.24) is 35.7 Å². The van der Waals surface area contributed by atoms with Gasteiger partial charge in [0.1, 0.15) is 11.9 Å². The first kappa shape index (κ1) is 38.1. The van der Waals surface area contributed by atoms with Crippen molar-refractivity contribution in [3.8, 4) is 11.4 Å². The van der Waals surface area contributed by atoms with E-state index < -0.39 is 29.7 Å². The molecular weight excluding hydrogens is 729 g/mol.